The highest BCUT2D eigenvalue weighted by atomic mass is 35.5. The summed E-state index contributed by atoms with van der Waals surface area (Å²) in [4.78, 5) is 138. The number of nitrogens with two attached hydrogens (primary N) is 3. The standard InChI is InChI=1S/C28H33ClN8O3.C28H35ClN8O3.C25H28ClN7O5/c1-16-13-33-21(17(2)23(16)40-3)15-37-25-22(24(29)34-28(30)35-25)20(27(37)39)12-19-11-18(14-32-19)26(38)31-7-6-10-36-8-4-5-9-36;1-6-36(7-2)10-8-9-31-26(38)18-11-19(32-14-18)12-20-22-24(29)34-28(30)35-25(22)37(27(20)39)15-21-17(4)23(40-5)16(3)13-33-21;1-13-10-29-18(14(2)20(13)38-3)12-33-22-19(21(26)30-25(27)31-22)17(24(33)37)9-16-8-15(11-28-16)23(36)32(4-6-34)5-7-35/h11-14,32H,4-10,15H2,1-3H3,(H,31,38)(H2,30,34,35);11-14,32H,6-10,15H2,1-5H3,(H,31,38)(H2,30,34,35);8-11,28,34-35H,4-7,12H2,1-3H3,(H2,27,30,31)/b2*20-12-;17-9-. The molecule has 118 heavy (non-hydrogen) atoms. The maximum Gasteiger partial charge on any atom is 0.260 e. The number of rotatable bonds is 29. The number of aromatic nitrogens is 12. The van der Waals surface area contributed by atoms with Crippen LogP contribution in [0.15, 0.2) is 55.4 Å². The van der Waals surface area contributed by atoms with Gasteiger partial charge in [0, 0.05) is 114 Å². The molecule has 9 aromatic heterocycles. The molecule has 6 amide bonds. The number of halogens is 3. The van der Waals surface area contributed by atoms with E-state index in [0.29, 0.717) is 110 Å². The van der Waals surface area contributed by atoms with Crippen molar-refractivity contribution in [2.75, 3.05) is 132 Å². The number of nitrogens with one attached hydrogen (secondary N) is 5. The number of carbonyl (C=O) groups excluding carboxylic acids is 6. The summed E-state index contributed by atoms with van der Waals surface area (Å²) in [6.45, 7) is 22.9. The lowest BCUT2D eigenvalue weighted by Crippen LogP contribution is -2.35. The van der Waals surface area contributed by atoms with Crippen LogP contribution in [0.4, 0.5) is 35.3 Å². The quantitative estimate of drug-likeness (QED) is 0.0119. The zero-order chi connectivity index (χ0) is 84.9. The highest BCUT2D eigenvalue weighted by Gasteiger charge is 2.41. The Bertz CT molecular complexity index is 5170. The van der Waals surface area contributed by atoms with E-state index in [1.807, 2.05) is 41.5 Å². The fourth-order valence-electron chi connectivity index (χ4n) is 14.5. The van der Waals surface area contributed by atoms with Crippen LogP contribution < -0.4 is 56.7 Å². The van der Waals surface area contributed by atoms with Crippen molar-refractivity contribution in [3.63, 3.8) is 0 Å². The van der Waals surface area contributed by atoms with Gasteiger partial charge in [-0.2, -0.15) is 15.0 Å². The van der Waals surface area contributed by atoms with Gasteiger partial charge in [-0.05, 0) is 143 Å². The molecule has 0 unspecified atom stereocenters. The number of fused-ring (bicyclic) bond motifs is 3. The first-order valence-corrected chi connectivity index (χ1v) is 39.4. The minimum atomic E-state index is -0.396. The summed E-state index contributed by atoms with van der Waals surface area (Å²) in [7, 11) is 4.77. The molecule has 13 N–H and O–H groups in total. The zero-order valence-corrected chi connectivity index (χ0v) is 69.8. The number of nitrogens with zero attached hydrogens (tertiary/aromatic N) is 15. The Balaban J connectivity index is 0.000000174. The predicted octanol–water partition coefficient (Wildman–Crippen LogP) is 8.55. The average Bonchev–Trinajstić information content (AvgIpc) is 1.61. The third kappa shape index (κ3) is 19.3. The first-order valence-electron chi connectivity index (χ1n) is 38.3. The number of amides is 6. The Morgan fingerprint density at radius 3 is 1.19 bits per heavy atom. The van der Waals surface area contributed by atoms with Crippen LogP contribution in [0.2, 0.25) is 15.5 Å². The number of aliphatic hydroxyl groups excluding tert-OH is 2. The van der Waals surface area contributed by atoms with Crippen LogP contribution >= 0.6 is 34.8 Å². The summed E-state index contributed by atoms with van der Waals surface area (Å²) in [6.07, 6.45) is 18.9. The molecule has 0 saturated carbocycles. The molecule has 13 rings (SSSR count). The van der Waals surface area contributed by atoms with Crippen molar-refractivity contribution in [1.29, 1.82) is 0 Å². The first-order chi connectivity index (χ1) is 56.6. The van der Waals surface area contributed by atoms with E-state index in [1.54, 1.807) is 88.7 Å². The topological polar surface area (TPSA) is 456 Å². The third-order valence-electron chi connectivity index (χ3n) is 20.5. The Labute approximate surface area is 696 Å². The number of aliphatic hydroxyl groups is 2. The number of likely N-dealkylation sites (tertiary alicyclic amines) is 1. The molecule has 4 aliphatic rings. The van der Waals surface area contributed by atoms with Crippen LogP contribution in [0.25, 0.3) is 34.9 Å². The maximum absolute atomic E-state index is 13.7. The lowest BCUT2D eigenvalue weighted by atomic mass is 10.1. The van der Waals surface area contributed by atoms with Crippen LogP contribution in [0.1, 0.15) is 155 Å². The largest absolute Gasteiger partial charge is 0.496 e. The van der Waals surface area contributed by atoms with Gasteiger partial charge in [-0.1, -0.05) is 48.7 Å². The van der Waals surface area contributed by atoms with E-state index in [-0.39, 0.29) is 131 Å². The van der Waals surface area contributed by atoms with E-state index in [1.165, 1.54) is 38.6 Å². The number of methoxy groups -OCH3 is 3. The number of aryl methyl sites for hydroxylation is 3. The van der Waals surface area contributed by atoms with Crippen LogP contribution in [0.5, 0.6) is 17.2 Å². The molecule has 0 bridgehead atoms. The van der Waals surface area contributed by atoms with E-state index in [9.17, 15) is 39.0 Å². The summed E-state index contributed by atoms with van der Waals surface area (Å²) in [6, 6.07) is 4.95. The smallest absolute Gasteiger partial charge is 0.260 e. The number of nitrogen functional groups attached to an aromatic ring is 3. The van der Waals surface area contributed by atoms with Crippen LogP contribution in [0, 0.1) is 41.5 Å². The van der Waals surface area contributed by atoms with Crippen LogP contribution in [0.3, 0.4) is 0 Å². The van der Waals surface area contributed by atoms with Gasteiger partial charge in [0.05, 0.1) is 121 Å². The Morgan fingerprint density at radius 1 is 0.517 bits per heavy atom. The van der Waals surface area contributed by atoms with Crippen molar-refractivity contribution < 1.29 is 53.2 Å². The second-order valence-electron chi connectivity index (χ2n) is 28.3. The lowest BCUT2D eigenvalue weighted by molar-refractivity contribution is -0.113. The van der Waals surface area contributed by atoms with Gasteiger partial charge < -0.3 is 81.9 Å². The molecular formula is C81H96Cl3N23O11. The van der Waals surface area contributed by atoms with Gasteiger partial charge in [0.25, 0.3) is 35.4 Å². The highest BCUT2D eigenvalue weighted by Crippen LogP contribution is 2.45. The van der Waals surface area contributed by atoms with Gasteiger partial charge in [0.2, 0.25) is 17.8 Å². The van der Waals surface area contributed by atoms with E-state index < -0.39 is 5.91 Å². The predicted molar refractivity (Wildman–Crippen MR) is 452 cm³/mol. The number of aromatic amines is 3. The van der Waals surface area contributed by atoms with Crippen molar-refractivity contribution in [2.45, 2.75) is 101 Å². The minimum absolute atomic E-state index is 0.0145. The monoisotopic (exact) mass is 1670 g/mol. The minimum Gasteiger partial charge on any atom is -0.496 e. The van der Waals surface area contributed by atoms with Crippen molar-refractivity contribution >= 4 is 140 Å². The summed E-state index contributed by atoms with van der Waals surface area (Å²) >= 11 is 19.4. The number of H-pyrrole nitrogens is 3. The molecule has 1 fully saturated rings. The van der Waals surface area contributed by atoms with Gasteiger partial charge in [-0.15, -0.1) is 0 Å². The summed E-state index contributed by atoms with van der Waals surface area (Å²) in [5, 5.41) is 24.5. The highest BCUT2D eigenvalue weighted by molar-refractivity contribution is 6.43. The SMILES string of the molecule is CCN(CC)CCCNC(=O)c1c[nH]c(/C=C2\C(=O)N(Cc3ncc(C)c(OC)c3C)c3nc(N)nc(Cl)c32)c1.COc1c(C)cnc(CN2C(=O)/C(=C\c3cc(C(=O)N(CCO)CCO)c[nH]3)c3c(Cl)nc(N)nc32)c1C.COc1c(C)cnc(CN2C(=O)/C(=C\c3cc(C(=O)NCCCN4CCCC4)c[nH]3)c3c(Cl)nc(N)nc32)c1C. The number of pyridine rings is 3. The molecule has 4 aliphatic heterocycles. The number of carbonyl (C=O) groups is 6. The number of ether oxygens (including phenoxy) is 3. The van der Waals surface area contributed by atoms with Gasteiger partial charge in [-0.3, -0.25) is 58.4 Å². The molecule has 0 radical (unpaired) electrons. The molecule has 0 aromatic carbocycles. The van der Waals surface area contributed by atoms with Crippen molar-refractivity contribution in [3.8, 4) is 17.2 Å². The first kappa shape index (κ1) is 86.9. The second-order valence-corrected chi connectivity index (χ2v) is 29.3. The van der Waals surface area contributed by atoms with Gasteiger partial charge in [0.1, 0.15) is 32.7 Å². The molecule has 9 aromatic rings. The van der Waals surface area contributed by atoms with E-state index >= 15 is 0 Å². The average molecular weight is 1670 g/mol. The molecule has 0 aliphatic carbocycles. The molecule has 0 spiro atoms. The summed E-state index contributed by atoms with van der Waals surface area (Å²) in [5.74, 6) is 0.960. The van der Waals surface area contributed by atoms with Crippen LogP contribution in [-0.2, 0) is 34.0 Å². The van der Waals surface area contributed by atoms with E-state index in [0.717, 1.165) is 85.5 Å². The molecule has 37 heteroatoms. The van der Waals surface area contributed by atoms with Crippen LogP contribution in [-0.4, -0.2) is 220 Å². The normalized spacial score (nSPS) is 14.6. The van der Waals surface area contributed by atoms with E-state index in [2.05, 4.69) is 94.1 Å². The fraction of sp³-hybridized carbons (Fsp3) is 0.370. The van der Waals surface area contributed by atoms with E-state index in [4.69, 9.17) is 66.2 Å². The lowest BCUT2D eigenvalue weighted by Gasteiger charge is -2.19. The Hall–Kier alpha value is -11.9. The van der Waals surface area contributed by atoms with Gasteiger partial charge in [0.15, 0.2) is 17.5 Å². The number of anilines is 6. The Morgan fingerprint density at radius 2 is 0.856 bits per heavy atom. The Kier molecular flexibility index (Phi) is 28.7. The summed E-state index contributed by atoms with van der Waals surface area (Å²) < 4.78 is 16.6. The van der Waals surface area contributed by atoms with Crippen molar-refractivity contribution in [2.24, 2.45) is 0 Å². The molecule has 1 saturated heterocycles. The van der Waals surface area contributed by atoms with Gasteiger partial charge >= 0.3 is 0 Å². The fourth-order valence-corrected chi connectivity index (χ4v) is 15.3. The molecular weight excluding hydrogens is 1580 g/mol. The molecule has 13 heterocycles. The van der Waals surface area contributed by atoms with Gasteiger partial charge in [-0.25, -0.2) is 15.0 Å². The third-order valence-corrected chi connectivity index (χ3v) is 21.4. The number of hydrogen-bond donors (Lipinski definition) is 10. The summed E-state index contributed by atoms with van der Waals surface area (Å²) in [5.41, 5.74) is 29.3. The molecule has 622 valence electrons. The molecule has 34 nitrogen and oxygen atoms in total. The second kappa shape index (κ2) is 38.9. The zero-order valence-electron chi connectivity index (χ0n) is 67.5. The van der Waals surface area contributed by atoms with Crippen molar-refractivity contribution in [1.82, 2.24) is 85.1 Å². The molecule has 0 atom stereocenters. The van der Waals surface area contributed by atoms with Crippen molar-refractivity contribution in [3.05, 3.63) is 172 Å². The number of hydrogen-bond acceptors (Lipinski definition) is 25. The maximum atomic E-state index is 13.7.